The Bertz CT molecular complexity index is 872. The molecule has 5 nitrogen and oxygen atoms in total. The molecule has 0 saturated heterocycles. The highest BCUT2D eigenvalue weighted by atomic mass is 32.2. The van der Waals surface area contributed by atoms with Crippen molar-refractivity contribution in [3.63, 3.8) is 0 Å². The van der Waals surface area contributed by atoms with Crippen molar-refractivity contribution in [1.29, 1.82) is 0 Å². The SMILES string of the molecule is Cc1cccc(C)c1NC(=O)C(C)Sc1nnc(NCCc2cccs2)s1. The quantitative estimate of drug-likeness (QED) is 0.505. The number of aromatic nitrogens is 2. The van der Waals surface area contributed by atoms with Crippen LogP contribution in [0.15, 0.2) is 40.1 Å². The molecule has 0 aliphatic rings. The molecular weight excluding hydrogens is 396 g/mol. The molecule has 1 unspecified atom stereocenters. The number of carbonyl (C=O) groups is 1. The molecule has 1 aromatic carbocycles. The van der Waals surface area contributed by atoms with Gasteiger partial charge in [-0.15, -0.1) is 21.5 Å². The number of anilines is 2. The van der Waals surface area contributed by atoms with Crippen molar-refractivity contribution in [1.82, 2.24) is 10.2 Å². The summed E-state index contributed by atoms with van der Waals surface area (Å²) in [6, 6.07) is 10.2. The first-order chi connectivity index (χ1) is 13.0. The van der Waals surface area contributed by atoms with E-state index in [0.717, 1.165) is 39.3 Å². The highest BCUT2D eigenvalue weighted by Gasteiger charge is 2.18. The zero-order valence-corrected chi connectivity index (χ0v) is 17.9. The van der Waals surface area contributed by atoms with Crippen LogP contribution in [0, 0.1) is 13.8 Å². The first-order valence-electron chi connectivity index (χ1n) is 8.66. The molecule has 0 fully saturated rings. The number of amides is 1. The summed E-state index contributed by atoms with van der Waals surface area (Å²) in [4.78, 5) is 13.9. The molecular formula is C19H22N4OS3. The van der Waals surface area contributed by atoms with Gasteiger partial charge in [0.05, 0.1) is 5.25 Å². The summed E-state index contributed by atoms with van der Waals surface area (Å²) in [6.07, 6.45) is 0.967. The number of nitrogens with zero attached hydrogens (tertiary/aromatic N) is 2. The van der Waals surface area contributed by atoms with E-state index in [1.54, 1.807) is 11.3 Å². The highest BCUT2D eigenvalue weighted by molar-refractivity contribution is 8.02. The molecule has 142 valence electrons. The monoisotopic (exact) mass is 418 g/mol. The van der Waals surface area contributed by atoms with Crippen molar-refractivity contribution in [3.8, 4) is 0 Å². The first kappa shape index (κ1) is 19.9. The van der Waals surface area contributed by atoms with Crippen molar-refractivity contribution >= 4 is 51.2 Å². The molecule has 2 N–H and O–H groups in total. The van der Waals surface area contributed by atoms with Crippen molar-refractivity contribution < 1.29 is 4.79 Å². The standard InChI is InChI=1S/C19H22N4OS3/c1-12-6-4-7-13(2)16(12)21-17(24)14(3)26-19-23-22-18(27-19)20-10-9-15-8-5-11-25-15/h4-8,11,14H,9-10H2,1-3H3,(H,20,22)(H,21,24). The number of rotatable bonds is 8. The van der Waals surface area contributed by atoms with Crippen LogP contribution in [0.5, 0.6) is 0 Å². The van der Waals surface area contributed by atoms with E-state index in [1.807, 2.05) is 39.0 Å². The van der Waals surface area contributed by atoms with Crippen molar-refractivity contribution in [3.05, 3.63) is 51.7 Å². The number of carbonyl (C=O) groups excluding carboxylic acids is 1. The molecule has 0 bridgehead atoms. The first-order valence-corrected chi connectivity index (χ1v) is 11.2. The Morgan fingerprint density at radius 2 is 1.96 bits per heavy atom. The maximum absolute atomic E-state index is 12.5. The molecule has 27 heavy (non-hydrogen) atoms. The van der Waals surface area contributed by atoms with E-state index in [2.05, 4.69) is 38.3 Å². The number of hydrogen-bond acceptors (Lipinski definition) is 7. The Kier molecular flexibility index (Phi) is 6.87. The molecule has 1 amide bonds. The van der Waals surface area contributed by atoms with Crippen LogP contribution < -0.4 is 10.6 Å². The Hall–Kier alpha value is -1.90. The van der Waals surface area contributed by atoms with Gasteiger partial charge in [-0.05, 0) is 49.8 Å². The smallest absolute Gasteiger partial charge is 0.237 e. The Morgan fingerprint density at radius 3 is 2.67 bits per heavy atom. The predicted molar refractivity (Wildman–Crippen MR) is 116 cm³/mol. The Balaban J connectivity index is 1.51. The number of aryl methyl sites for hydroxylation is 2. The molecule has 1 atom stereocenters. The minimum atomic E-state index is -0.254. The molecule has 2 aromatic heterocycles. The van der Waals surface area contributed by atoms with Crippen LogP contribution in [0.1, 0.15) is 22.9 Å². The van der Waals surface area contributed by atoms with Gasteiger partial charge in [0.1, 0.15) is 0 Å². The van der Waals surface area contributed by atoms with Gasteiger partial charge in [0, 0.05) is 17.1 Å². The van der Waals surface area contributed by atoms with Gasteiger partial charge < -0.3 is 10.6 Å². The molecule has 0 spiro atoms. The van der Waals surface area contributed by atoms with Gasteiger partial charge in [0.2, 0.25) is 11.0 Å². The number of thioether (sulfide) groups is 1. The molecule has 3 rings (SSSR count). The summed E-state index contributed by atoms with van der Waals surface area (Å²) >= 11 is 4.67. The van der Waals surface area contributed by atoms with Crippen molar-refractivity contribution in [2.24, 2.45) is 0 Å². The third-order valence-electron chi connectivity index (χ3n) is 4.01. The fraction of sp³-hybridized carbons (Fsp3) is 0.316. The van der Waals surface area contributed by atoms with Crippen LogP contribution in [0.25, 0.3) is 0 Å². The van der Waals surface area contributed by atoms with E-state index in [1.165, 1.54) is 28.0 Å². The van der Waals surface area contributed by atoms with E-state index < -0.39 is 0 Å². The second-order valence-electron chi connectivity index (χ2n) is 6.15. The number of benzene rings is 1. The molecule has 0 saturated carbocycles. The average Bonchev–Trinajstić information content (AvgIpc) is 3.30. The molecule has 0 radical (unpaired) electrons. The molecule has 2 heterocycles. The van der Waals surface area contributed by atoms with Crippen molar-refractivity contribution in [2.75, 3.05) is 17.2 Å². The Labute approximate surface area is 171 Å². The minimum Gasteiger partial charge on any atom is -0.360 e. The summed E-state index contributed by atoms with van der Waals surface area (Å²) in [7, 11) is 0. The van der Waals surface area contributed by atoms with Crippen LogP contribution in [0.3, 0.4) is 0 Å². The second kappa shape index (κ2) is 9.34. The molecule has 0 aliphatic carbocycles. The fourth-order valence-corrected chi connectivity index (χ4v) is 5.15. The Morgan fingerprint density at radius 1 is 1.19 bits per heavy atom. The lowest BCUT2D eigenvalue weighted by Gasteiger charge is -2.14. The summed E-state index contributed by atoms with van der Waals surface area (Å²) in [5, 5.41) is 17.3. The third kappa shape index (κ3) is 5.54. The van der Waals surface area contributed by atoms with Gasteiger partial charge in [-0.1, -0.05) is 47.4 Å². The minimum absolute atomic E-state index is 0.0280. The average molecular weight is 419 g/mol. The number of para-hydroxylation sites is 1. The van der Waals surface area contributed by atoms with Gasteiger partial charge in [0.25, 0.3) is 0 Å². The predicted octanol–water partition coefficient (Wildman–Crippen LogP) is 4.99. The third-order valence-corrected chi connectivity index (χ3v) is 7.01. The zero-order chi connectivity index (χ0) is 19.2. The van der Waals surface area contributed by atoms with Crippen LogP contribution >= 0.6 is 34.4 Å². The van der Waals surface area contributed by atoms with E-state index >= 15 is 0 Å². The lowest BCUT2D eigenvalue weighted by Crippen LogP contribution is -2.23. The summed E-state index contributed by atoms with van der Waals surface area (Å²) in [5.41, 5.74) is 3.02. The molecule has 3 aromatic rings. The zero-order valence-electron chi connectivity index (χ0n) is 15.5. The van der Waals surface area contributed by atoms with Crippen LogP contribution in [0.2, 0.25) is 0 Å². The van der Waals surface area contributed by atoms with E-state index in [9.17, 15) is 4.79 Å². The van der Waals surface area contributed by atoms with E-state index in [-0.39, 0.29) is 11.2 Å². The number of thiophene rings is 1. The number of nitrogens with one attached hydrogen (secondary N) is 2. The largest absolute Gasteiger partial charge is 0.360 e. The van der Waals surface area contributed by atoms with Crippen LogP contribution in [-0.2, 0) is 11.2 Å². The number of hydrogen-bond donors (Lipinski definition) is 2. The second-order valence-corrected chi connectivity index (χ2v) is 9.74. The summed E-state index contributed by atoms with van der Waals surface area (Å²) in [5.74, 6) is -0.0280. The maximum Gasteiger partial charge on any atom is 0.237 e. The van der Waals surface area contributed by atoms with Gasteiger partial charge in [-0.3, -0.25) is 4.79 Å². The van der Waals surface area contributed by atoms with E-state index in [4.69, 9.17) is 0 Å². The topological polar surface area (TPSA) is 66.9 Å². The lowest BCUT2D eigenvalue weighted by atomic mass is 10.1. The van der Waals surface area contributed by atoms with Gasteiger partial charge in [0.15, 0.2) is 4.34 Å². The van der Waals surface area contributed by atoms with Crippen LogP contribution in [0.4, 0.5) is 10.8 Å². The molecule has 8 heteroatoms. The summed E-state index contributed by atoms with van der Waals surface area (Å²) in [6.45, 7) is 6.71. The van der Waals surface area contributed by atoms with Gasteiger partial charge in [-0.2, -0.15) is 0 Å². The normalized spacial score (nSPS) is 12.0. The van der Waals surface area contributed by atoms with E-state index in [0.29, 0.717) is 0 Å². The summed E-state index contributed by atoms with van der Waals surface area (Å²) < 4.78 is 0.790. The van der Waals surface area contributed by atoms with Crippen molar-refractivity contribution in [2.45, 2.75) is 36.8 Å². The van der Waals surface area contributed by atoms with Gasteiger partial charge >= 0.3 is 0 Å². The lowest BCUT2D eigenvalue weighted by molar-refractivity contribution is -0.115. The molecule has 0 aliphatic heterocycles. The fourth-order valence-electron chi connectivity index (χ4n) is 2.52. The van der Waals surface area contributed by atoms with Gasteiger partial charge in [-0.25, -0.2) is 0 Å². The maximum atomic E-state index is 12.5. The van der Waals surface area contributed by atoms with Crippen LogP contribution in [-0.4, -0.2) is 27.9 Å². The highest BCUT2D eigenvalue weighted by Crippen LogP contribution is 2.30.